The van der Waals surface area contributed by atoms with Crippen molar-refractivity contribution in [1.29, 1.82) is 0 Å². The summed E-state index contributed by atoms with van der Waals surface area (Å²) in [5, 5.41) is 15.3. The molecular formula is C12H19F2N3O. The van der Waals surface area contributed by atoms with Gasteiger partial charge in [-0.3, -0.25) is 0 Å². The number of rotatable bonds is 4. The van der Waals surface area contributed by atoms with Gasteiger partial charge >= 0.3 is 0 Å². The van der Waals surface area contributed by atoms with Crippen LogP contribution in [0, 0.1) is 11.6 Å². The second-order valence-electron chi connectivity index (χ2n) is 5.21. The summed E-state index contributed by atoms with van der Waals surface area (Å²) in [6.45, 7) is 6.61. The zero-order valence-corrected chi connectivity index (χ0v) is 11.2. The van der Waals surface area contributed by atoms with E-state index in [-0.39, 0.29) is 11.6 Å². The third-order valence-electron chi connectivity index (χ3n) is 3.13. The molecule has 0 saturated heterocycles. The molecule has 0 aliphatic heterocycles. The maximum absolute atomic E-state index is 13.6. The summed E-state index contributed by atoms with van der Waals surface area (Å²) in [6.07, 6.45) is 0. The van der Waals surface area contributed by atoms with E-state index in [0.717, 1.165) is 6.07 Å². The molecule has 0 amide bonds. The average Bonchev–Trinajstić information content (AvgIpc) is 2.20. The molecule has 0 spiro atoms. The normalized spacial score (nSPS) is 12.4. The first-order valence-corrected chi connectivity index (χ1v) is 5.63. The Hall–Kier alpha value is -1.43. The van der Waals surface area contributed by atoms with Crippen LogP contribution >= 0.6 is 0 Å². The lowest BCUT2D eigenvalue weighted by atomic mass is 9.86. The van der Waals surface area contributed by atoms with Crippen molar-refractivity contribution in [2.75, 3.05) is 17.7 Å². The van der Waals surface area contributed by atoms with Gasteiger partial charge in [-0.15, -0.1) is 0 Å². The second kappa shape index (κ2) is 4.68. The first-order chi connectivity index (χ1) is 8.08. The van der Waals surface area contributed by atoms with Gasteiger partial charge in [-0.1, -0.05) is 0 Å². The first-order valence-electron chi connectivity index (χ1n) is 5.63. The summed E-state index contributed by atoms with van der Waals surface area (Å²) >= 11 is 0. The van der Waals surface area contributed by atoms with E-state index >= 15 is 0 Å². The van der Waals surface area contributed by atoms with Crippen molar-refractivity contribution in [2.24, 2.45) is 0 Å². The lowest BCUT2D eigenvalue weighted by Gasteiger charge is -2.38. The minimum atomic E-state index is -1.10. The second-order valence-corrected chi connectivity index (χ2v) is 5.21. The van der Waals surface area contributed by atoms with Gasteiger partial charge in [-0.25, -0.2) is 13.8 Å². The standard InChI is InChI=1S/C12H19F2N3O/c1-11(2,12(3,4)18)17-10-8(14)6-7(13)9(15-5)16-10/h6,18H,1-5H3,(H2,15,16,17). The van der Waals surface area contributed by atoms with E-state index in [1.807, 2.05) is 0 Å². The fraction of sp³-hybridized carbons (Fsp3) is 0.583. The van der Waals surface area contributed by atoms with Crippen LogP contribution in [0.4, 0.5) is 20.4 Å². The molecule has 1 rings (SSSR count). The summed E-state index contributed by atoms with van der Waals surface area (Å²) < 4.78 is 26.9. The van der Waals surface area contributed by atoms with Crippen LogP contribution in [0.25, 0.3) is 0 Å². The molecule has 3 N–H and O–H groups in total. The molecule has 102 valence electrons. The van der Waals surface area contributed by atoms with Crippen molar-refractivity contribution in [3.63, 3.8) is 0 Å². The summed E-state index contributed by atoms with van der Waals surface area (Å²) in [7, 11) is 1.49. The Bertz CT molecular complexity index is 442. The lowest BCUT2D eigenvalue weighted by Crippen LogP contribution is -2.51. The van der Waals surface area contributed by atoms with Gasteiger partial charge in [0.05, 0.1) is 11.1 Å². The van der Waals surface area contributed by atoms with E-state index in [2.05, 4.69) is 15.6 Å². The third kappa shape index (κ3) is 2.87. The number of hydrogen-bond acceptors (Lipinski definition) is 4. The molecule has 1 aromatic rings. The van der Waals surface area contributed by atoms with Crippen LogP contribution in [0.5, 0.6) is 0 Å². The monoisotopic (exact) mass is 259 g/mol. The largest absolute Gasteiger partial charge is 0.388 e. The van der Waals surface area contributed by atoms with Crippen molar-refractivity contribution >= 4 is 11.6 Å². The van der Waals surface area contributed by atoms with Crippen LogP contribution in [-0.2, 0) is 0 Å². The summed E-state index contributed by atoms with van der Waals surface area (Å²) in [4.78, 5) is 3.81. The molecule has 0 unspecified atom stereocenters. The Balaban J connectivity index is 3.12. The molecule has 6 heteroatoms. The highest BCUT2D eigenvalue weighted by Gasteiger charge is 2.36. The molecule has 1 aromatic heterocycles. The van der Waals surface area contributed by atoms with Gasteiger partial charge in [-0.05, 0) is 27.7 Å². The summed E-state index contributed by atoms with van der Waals surface area (Å²) in [6, 6.07) is 0.752. The number of pyridine rings is 1. The number of aromatic nitrogens is 1. The van der Waals surface area contributed by atoms with Crippen LogP contribution in [0.1, 0.15) is 27.7 Å². The molecule has 0 fully saturated rings. The fourth-order valence-electron chi connectivity index (χ4n) is 1.18. The quantitative estimate of drug-likeness (QED) is 0.777. The molecule has 18 heavy (non-hydrogen) atoms. The van der Waals surface area contributed by atoms with Gasteiger partial charge in [0.15, 0.2) is 23.3 Å². The van der Waals surface area contributed by atoms with Gasteiger partial charge < -0.3 is 15.7 Å². The zero-order valence-electron chi connectivity index (χ0n) is 11.2. The number of anilines is 2. The van der Waals surface area contributed by atoms with Gasteiger partial charge in [0.2, 0.25) is 0 Å². The van der Waals surface area contributed by atoms with E-state index in [4.69, 9.17) is 0 Å². The van der Waals surface area contributed by atoms with Crippen molar-refractivity contribution in [2.45, 2.75) is 38.8 Å². The molecule has 0 bridgehead atoms. The highest BCUT2D eigenvalue weighted by Crippen LogP contribution is 2.27. The molecule has 1 heterocycles. The molecule has 0 radical (unpaired) electrons. The van der Waals surface area contributed by atoms with Crippen LogP contribution in [0.15, 0.2) is 6.07 Å². The number of hydrogen-bond donors (Lipinski definition) is 3. The Morgan fingerprint density at radius 3 is 2.06 bits per heavy atom. The van der Waals surface area contributed by atoms with Gasteiger partial charge in [-0.2, -0.15) is 0 Å². The van der Waals surface area contributed by atoms with E-state index in [1.54, 1.807) is 27.7 Å². The van der Waals surface area contributed by atoms with Gasteiger partial charge in [0.1, 0.15) is 0 Å². The Morgan fingerprint density at radius 1 is 1.11 bits per heavy atom. The highest BCUT2D eigenvalue weighted by molar-refractivity contribution is 5.48. The van der Waals surface area contributed by atoms with Crippen molar-refractivity contribution in [1.82, 2.24) is 4.98 Å². The maximum Gasteiger partial charge on any atom is 0.168 e. The molecule has 0 atom stereocenters. The predicted octanol–water partition coefficient (Wildman–Crippen LogP) is 2.36. The Labute approximate surface area is 105 Å². The minimum absolute atomic E-state index is 0.0505. The highest BCUT2D eigenvalue weighted by atomic mass is 19.1. The molecule has 0 saturated carbocycles. The molecule has 0 aliphatic rings. The molecule has 0 aliphatic carbocycles. The van der Waals surface area contributed by atoms with Crippen molar-refractivity contribution < 1.29 is 13.9 Å². The number of nitrogens with zero attached hydrogens (tertiary/aromatic N) is 1. The predicted molar refractivity (Wildman–Crippen MR) is 67.7 cm³/mol. The van der Waals surface area contributed by atoms with E-state index in [1.165, 1.54) is 7.05 Å². The van der Waals surface area contributed by atoms with E-state index in [9.17, 15) is 13.9 Å². The van der Waals surface area contributed by atoms with Crippen molar-refractivity contribution in [3.8, 4) is 0 Å². The molecular weight excluding hydrogens is 240 g/mol. The van der Waals surface area contributed by atoms with E-state index < -0.39 is 22.8 Å². The van der Waals surface area contributed by atoms with Crippen LogP contribution in [0.2, 0.25) is 0 Å². The number of halogens is 2. The van der Waals surface area contributed by atoms with Crippen LogP contribution < -0.4 is 10.6 Å². The summed E-state index contributed by atoms with van der Waals surface area (Å²) in [5.41, 5.74) is -1.93. The first kappa shape index (κ1) is 14.6. The fourth-order valence-corrected chi connectivity index (χ4v) is 1.18. The average molecular weight is 259 g/mol. The van der Waals surface area contributed by atoms with E-state index in [0.29, 0.717) is 0 Å². The molecule has 0 aromatic carbocycles. The maximum atomic E-state index is 13.6. The van der Waals surface area contributed by atoms with Gasteiger partial charge in [0.25, 0.3) is 0 Å². The SMILES string of the molecule is CNc1nc(NC(C)(C)C(C)(C)O)c(F)cc1F. The lowest BCUT2D eigenvalue weighted by molar-refractivity contribution is 0.0237. The van der Waals surface area contributed by atoms with Crippen LogP contribution in [0.3, 0.4) is 0 Å². The van der Waals surface area contributed by atoms with Crippen LogP contribution in [-0.4, -0.2) is 28.3 Å². The Kier molecular flexibility index (Phi) is 3.81. The third-order valence-corrected chi connectivity index (χ3v) is 3.13. The summed E-state index contributed by atoms with van der Waals surface area (Å²) in [5.74, 6) is -1.72. The minimum Gasteiger partial charge on any atom is -0.388 e. The Morgan fingerprint density at radius 2 is 1.61 bits per heavy atom. The number of aliphatic hydroxyl groups is 1. The smallest absolute Gasteiger partial charge is 0.168 e. The van der Waals surface area contributed by atoms with Crippen molar-refractivity contribution in [3.05, 3.63) is 17.7 Å². The zero-order chi connectivity index (χ0) is 14.1. The molecule has 4 nitrogen and oxygen atoms in total. The number of nitrogens with one attached hydrogen (secondary N) is 2. The van der Waals surface area contributed by atoms with Gasteiger partial charge in [0, 0.05) is 13.1 Å². The topological polar surface area (TPSA) is 57.2 Å².